The molecule has 3 aromatic rings. The van der Waals surface area contributed by atoms with E-state index < -0.39 is 0 Å². The SMILES string of the molecule is COc1cccc(Nc2ccc(C(=O)Nc3cc(C)cc(C)c3)nn2)c1. The first-order valence-electron chi connectivity index (χ1n) is 8.18. The summed E-state index contributed by atoms with van der Waals surface area (Å²) in [4.78, 5) is 12.3. The van der Waals surface area contributed by atoms with E-state index in [1.54, 1.807) is 19.2 Å². The lowest BCUT2D eigenvalue weighted by Crippen LogP contribution is -2.14. The Labute approximate surface area is 152 Å². The van der Waals surface area contributed by atoms with E-state index in [2.05, 4.69) is 26.9 Å². The molecule has 2 aromatic carbocycles. The quantitative estimate of drug-likeness (QED) is 0.726. The zero-order chi connectivity index (χ0) is 18.5. The fourth-order valence-corrected chi connectivity index (χ4v) is 2.61. The molecule has 0 fully saturated rings. The molecule has 3 rings (SSSR count). The minimum absolute atomic E-state index is 0.250. The van der Waals surface area contributed by atoms with Crippen molar-refractivity contribution in [2.45, 2.75) is 13.8 Å². The van der Waals surface area contributed by atoms with Crippen LogP contribution in [0.4, 0.5) is 17.2 Å². The van der Waals surface area contributed by atoms with Gasteiger partial charge in [0.1, 0.15) is 5.75 Å². The Balaban J connectivity index is 1.69. The number of hydrogen-bond donors (Lipinski definition) is 2. The maximum absolute atomic E-state index is 12.3. The molecule has 0 aliphatic rings. The Bertz CT molecular complexity index is 903. The van der Waals surface area contributed by atoms with Gasteiger partial charge in [0, 0.05) is 17.4 Å². The summed E-state index contributed by atoms with van der Waals surface area (Å²) < 4.78 is 5.19. The molecule has 0 unspecified atom stereocenters. The summed E-state index contributed by atoms with van der Waals surface area (Å²) >= 11 is 0. The second-order valence-electron chi connectivity index (χ2n) is 5.99. The Morgan fingerprint density at radius 3 is 2.35 bits per heavy atom. The highest BCUT2D eigenvalue weighted by molar-refractivity contribution is 6.02. The van der Waals surface area contributed by atoms with E-state index in [1.165, 1.54) is 0 Å². The van der Waals surface area contributed by atoms with Gasteiger partial charge >= 0.3 is 0 Å². The highest BCUT2D eigenvalue weighted by Crippen LogP contribution is 2.20. The molecule has 0 atom stereocenters. The molecular weight excluding hydrogens is 328 g/mol. The lowest BCUT2D eigenvalue weighted by atomic mass is 10.1. The molecule has 0 bridgehead atoms. The Morgan fingerprint density at radius 1 is 0.923 bits per heavy atom. The zero-order valence-electron chi connectivity index (χ0n) is 14.9. The monoisotopic (exact) mass is 348 g/mol. The third-order valence-corrected chi connectivity index (χ3v) is 3.72. The molecule has 0 spiro atoms. The standard InChI is InChI=1S/C20H20N4O2/c1-13-9-14(2)11-16(10-13)22-20(25)18-7-8-19(24-23-18)21-15-5-4-6-17(12-15)26-3/h4-12H,1-3H3,(H,21,24)(H,22,25). The molecule has 1 amide bonds. The van der Waals surface area contributed by atoms with Crippen LogP contribution in [0.5, 0.6) is 5.75 Å². The molecule has 0 radical (unpaired) electrons. The number of nitrogens with one attached hydrogen (secondary N) is 2. The predicted octanol–water partition coefficient (Wildman–Crippen LogP) is 4.10. The number of amides is 1. The van der Waals surface area contributed by atoms with Crippen LogP contribution in [0.3, 0.4) is 0 Å². The molecule has 0 saturated heterocycles. The molecule has 1 aromatic heterocycles. The first-order valence-corrected chi connectivity index (χ1v) is 8.18. The third-order valence-electron chi connectivity index (χ3n) is 3.72. The lowest BCUT2D eigenvalue weighted by molar-refractivity contribution is 0.102. The van der Waals surface area contributed by atoms with Gasteiger partial charge in [-0.05, 0) is 61.4 Å². The lowest BCUT2D eigenvalue weighted by Gasteiger charge is -2.08. The summed E-state index contributed by atoms with van der Waals surface area (Å²) in [7, 11) is 1.61. The highest BCUT2D eigenvalue weighted by atomic mass is 16.5. The van der Waals surface area contributed by atoms with E-state index in [4.69, 9.17) is 4.74 Å². The average Bonchev–Trinajstić information content (AvgIpc) is 2.61. The number of aryl methyl sites for hydroxylation is 2. The Hall–Kier alpha value is -3.41. The zero-order valence-corrected chi connectivity index (χ0v) is 14.9. The first kappa shape index (κ1) is 17.4. The summed E-state index contributed by atoms with van der Waals surface area (Å²) in [5.41, 5.74) is 3.99. The van der Waals surface area contributed by atoms with Crippen LogP contribution in [0, 0.1) is 13.8 Å². The minimum atomic E-state index is -0.296. The van der Waals surface area contributed by atoms with Crippen molar-refractivity contribution in [3.05, 3.63) is 71.4 Å². The third kappa shape index (κ3) is 4.36. The van der Waals surface area contributed by atoms with Crippen LogP contribution in [0.15, 0.2) is 54.6 Å². The molecular formula is C20H20N4O2. The van der Waals surface area contributed by atoms with E-state index >= 15 is 0 Å². The molecule has 6 nitrogen and oxygen atoms in total. The summed E-state index contributed by atoms with van der Waals surface area (Å²) in [6, 6.07) is 16.7. The van der Waals surface area contributed by atoms with E-state index in [0.29, 0.717) is 5.82 Å². The fraction of sp³-hybridized carbons (Fsp3) is 0.150. The number of methoxy groups -OCH3 is 1. The van der Waals surface area contributed by atoms with Gasteiger partial charge in [-0.3, -0.25) is 4.79 Å². The van der Waals surface area contributed by atoms with Crippen LogP contribution in [0.1, 0.15) is 21.6 Å². The summed E-state index contributed by atoms with van der Waals surface area (Å²) in [6.45, 7) is 3.98. The van der Waals surface area contributed by atoms with Gasteiger partial charge in [-0.2, -0.15) is 0 Å². The molecule has 26 heavy (non-hydrogen) atoms. The van der Waals surface area contributed by atoms with Crippen molar-refractivity contribution in [3.63, 3.8) is 0 Å². The van der Waals surface area contributed by atoms with Crippen molar-refractivity contribution in [3.8, 4) is 5.75 Å². The minimum Gasteiger partial charge on any atom is -0.497 e. The maximum Gasteiger partial charge on any atom is 0.276 e. The summed E-state index contributed by atoms with van der Waals surface area (Å²) in [5.74, 6) is 0.990. The van der Waals surface area contributed by atoms with Gasteiger partial charge in [0.2, 0.25) is 0 Å². The molecule has 0 aliphatic heterocycles. The molecule has 6 heteroatoms. The number of carbonyl (C=O) groups excluding carboxylic acids is 1. The van der Waals surface area contributed by atoms with Gasteiger partial charge in [0.05, 0.1) is 7.11 Å². The van der Waals surface area contributed by atoms with E-state index in [1.807, 2.05) is 50.2 Å². The fourth-order valence-electron chi connectivity index (χ4n) is 2.61. The number of aromatic nitrogens is 2. The van der Waals surface area contributed by atoms with Gasteiger partial charge in [-0.1, -0.05) is 12.1 Å². The van der Waals surface area contributed by atoms with Crippen LogP contribution in [0.2, 0.25) is 0 Å². The second kappa shape index (κ2) is 7.65. The second-order valence-corrected chi connectivity index (χ2v) is 5.99. The number of anilines is 3. The molecule has 0 saturated carbocycles. The first-order chi connectivity index (χ1) is 12.5. The van der Waals surface area contributed by atoms with Crippen molar-refractivity contribution >= 4 is 23.1 Å². The molecule has 0 aliphatic carbocycles. The molecule has 2 N–H and O–H groups in total. The van der Waals surface area contributed by atoms with Gasteiger partial charge in [-0.25, -0.2) is 0 Å². The van der Waals surface area contributed by atoms with Crippen molar-refractivity contribution in [1.29, 1.82) is 0 Å². The molecule has 1 heterocycles. The number of carbonyl (C=O) groups is 1. The van der Waals surface area contributed by atoms with Gasteiger partial charge in [0.25, 0.3) is 5.91 Å². The number of ether oxygens (including phenoxy) is 1. The van der Waals surface area contributed by atoms with Crippen molar-refractivity contribution in [2.24, 2.45) is 0 Å². The van der Waals surface area contributed by atoms with E-state index in [-0.39, 0.29) is 11.6 Å². The van der Waals surface area contributed by atoms with Gasteiger partial charge in [-0.15, -0.1) is 10.2 Å². The van der Waals surface area contributed by atoms with Crippen LogP contribution in [-0.4, -0.2) is 23.2 Å². The van der Waals surface area contributed by atoms with E-state index in [0.717, 1.165) is 28.3 Å². The Kier molecular flexibility index (Phi) is 5.12. The number of hydrogen-bond acceptors (Lipinski definition) is 5. The van der Waals surface area contributed by atoms with Crippen molar-refractivity contribution in [2.75, 3.05) is 17.7 Å². The number of rotatable bonds is 5. The van der Waals surface area contributed by atoms with Gasteiger partial charge < -0.3 is 15.4 Å². The largest absolute Gasteiger partial charge is 0.497 e. The highest BCUT2D eigenvalue weighted by Gasteiger charge is 2.09. The topological polar surface area (TPSA) is 76.1 Å². The predicted molar refractivity (Wildman–Crippen MR) is 102 cm³/mol. The van der Waals surface area contributed by atoms with Crippen molar-refractivity contribution < 1.29 is 9.53 Å². The average molecular weight is 348 g/mol. The van der Waals surface area contributed by atoms with Crippen LogP contribution < -0.4 is 15.4 Å². The number of nitrogens with zero attached hydrogens (tertiary/aromatic N) is 2. The van der Waals surface area contributed by atoms with Crippen LogP contribution in [-0.2, 0) is 0 Å². The summed E-state index contributed by atoms with van der Waals surface area (Å²) in [6.07, 6.45) is 0. The molecule has 132 valence electrons. The van der Waals surface area contributed by atoms with Gasteiger partial charge in [0.15, 0.2) is 11.5 Å². The number of benzene rings is 2. The maximum atomic E-state index is 12.3. The van der Waals surface area contributed by atoms with Crippen molar-refractivity contribution in [1.82, 2.24) is 10.2 Å². The van der Waals surface area contributed by atoms with Crippen LogP contribution >= 0.6 is 0 Å². The summed E-state index contributed by atoms with van der Waals surface area (Å²) in [5, 5.41) is 14.0. The normalized spacial score (nSPS) is 10.3. The van der Waals surface area contributed by atoms with Crippen LogP contribution in [0.25, 0.3) is 0 Å². The van der Waals surface area contributed by atoms with E-state index in [9.17, 15) is 4.79 Å². The smallest absolute Gasteiger partial charge is 0.276 e. The Morgan fingerprint density at radius 2 is 1.69 bits per heavy atom.